The van der Waals surface area contributed by atoms with Crippen molar-refractivity contribution in [3.8, 4) is 0 Å². The van der Waals surface area contributed by atoms with Crippen molar-refractivity contribution < 1.29 is 4.79 Å². The summed E-state index contributed by atoms with van der Waals surface area (Å²) >= 11 is 0. The van der Waals surface area contributed by atoms with Crippen LogP contribution >= 0.6 is 0 Å². The molecular weight excluding hydrogens is 124 g/mol. The van der Waals surface area contributed by atoms with Crippen LogP contribution in [0.5, 0.6) is 0 Å². The van der Waals surface area contributed by atoms with Gasteiger partial charge in [-0.25, -0.2) is 0 Å². The molecule has 1 saturated carbocycles. The normalized spacial score (nSPS) is 36.4. The minimum atomic E-state index is 0.0903. The molecule has 0 aromatic rings. The molecule has 0 amide bonds. The summed E-state index contributed by atoms with van der Waals surface area (Å²) in [6.07, 6.45) is 6.10. The average molecular weight is 134 g/mol. The summed E-state index contributed by atoms with van der Waals surface area (Å²) in [5.74, 6) is 0.772. The molecule has 2 rings (SSSR count). The highest BCUT2D eigenvalue weighted by molar-refractivity contribution is 5.98. The van der Waals surface area contributed by atoms with Crippen molar-refractivity contribution in [3.05, 3.63) is 24.3 Å². The zero-order chi connectivity index (χ0) is 7.14. The highest BCUT2D eigenvalue weighted by Crippen LogP contribution is 2.44. The van der Waals surface area contributed by atoms with Gasteiger partial charge in [0.2, 0.25) is 0 Å². The van der Waals surface area contributed by atoms with Crippen LogP contribution in [0.4, 0.5) is 0 Å². The molecule has 1 nitrogen and oxygen atoms in total. The number of carbonyl (C=O) groups excluding carboxylic acids is 1. The maximum absolute atomic E-state index is 11.2. The molecule has 1 heteroatoms. The molecular formula is C9H10O. The first kappa shape index (κ1) is 5.90. The predicted molar refractivity (Wildman–Crippen MR) is 39.5 cm³/mol. The van der Waals surface area contributed by atoms with E-state index in [0.717, 1.165) is 12.8 Å². The van der Waals surface area contributed by atoms with Crippen LogP contribution in [0.1, 0.15) is 12.8 Å². The Balaban J connectivity index is 2.27. The number of hydrogen-bond donors (Lipinski definition) is 0. The van der Waals surface area contributed by atoms with E-state index in [-0.39, 0.29) is 5.92 Å². The molecule has 2 unspecified atom stereocenters. The maximum Gasteiger partial charge on any atom is 0.150 e. The van der Waals surface area contributed by atoms with Gasteiger partial charge in [-0.2, -0.15) is 0 Å². The number of rotatable bonds is 1. The Morgan fingerprint density at radius 1 is 1.70 bits per heavy atom. The van der Waals surface area contributed by atoms with Gasteiger partial charge in [0.1, 0.15) is 0 Å². The van der Waals surface area contributed by atoms with Crippen LogP contribution in [-0.4, -0.2) is 5.78 Å². The third-order valence-corrected chi connectivity index (χ3v) is 2.48. The van der Waals surface area contributed by atoms with Crippen LogP contribution in [0.15, 0.2) is 24.3 Å². The van der Waals surface area contributed by atoms with E-state index < -0.39 is 0 Å². The van der Waals surface area contributed by atoms with Crippen LogP contribution in [0.3, 0.4) is 0 Å². The lowest BCUT2D eigenvalue weighted by Crippen LogP contribution is -2.36. The molecule has 2 aliphatic rings. The summed E-state index contributed by atoms with van der Waals surface area (Å²) in [6, 6.07) is 0. The zero-order valence-electron chi connectivity index (χ0n) is 5.84. The molecule has 0 aromatic heterocycles. The minimum Gasteiger partial charge on any atom is -0.298 e. The Bertz CT molecular complexity index is 225. The number of hydrogen-bond acceptors (Lipinski definition) is 1. The van der Waals surface area contributed by atoms with Gasteiger partial charge in [0, 0.05) is 5.92 Å². The SMILES string of the molecule is C=CC1C(=O)C2CCC=C12. The van der Waals surface area contributed by atoms with E-state index in [1.807, 2.05) is 0 Å². The van der Waals surface area contributed by atoms with Gasteiger partial charge >= 0.3 is 0 Å². The van der Waals surface area contributed by atoms with Gasteiger partial charge in [-0.1, -0.05) is 12.2 Å². The quantitative estimate of drug-likeness (QED) is 0.499. The van der Waals surface area contributed by atoms with E-state index in [1.54, 1.807) is 6.08 Å². The topological polar surface area (TPSA) is 17.1 Å². The summed E-state index contributed by atoms with van der Waals surface area (Å²) in [5.41, 5.74) is 1.33. The summed E-state index contributed by atoms with van der Waals surface area (Å²) < 4.78 is 0. The van der Waals surface area contributed by atoms with Gasteiger partial charge in [0.05, 0.1) is 5.92 Å². The largest absolute Gasteiger partial charge is 0.298 e. The molecule has 2 aliphatic carbocycles. The van der Waals surface area contributed by atoms with Gasteiger partial charge < -0.3 is 0 Å². The fourth-order valence-electron chi connectivity index (χ4n) is 1.91. The van der Waals surface area contributed by atoms with Crippen LogP contribution in [-0.2, 0) is 4.79 Å². The molecule has 0 saturated heterocycles. The number of ketones is 1. The van der Waals surface area contributed by atoms with E-state index in [9.17, 15) is 4.79 Å². The van der Waals surface area contributed by atoms with Crippen LogP contribution in [0, 0.1) is 11.8 Å². The van der Waals surface area contributed by atoms with E-state index in [0.29, 0.717) is 11.7 Å². The Hall–Kier alpha value is -0.850. The summed E-state index contributed by atoms with van der Waals surface area (Å²) in [6.45, 7) is 3.63. The lowest BCUT2D eigenvalue weighted by Gasteiger charge is -2.31. The van der Waals surface area contributed by atoms with Gasteiger partial charge in [0.15, 0.2) is 5.78 Å². The van der Waals surface area contributed by atoms with Crippen molar-refractivity contribution in [3.63, 3.8) is 0 Å². The van der Waals surface area contributed by atoms with Gasteiger partial charge in [-0.3, -0.25) is 4.79 Å². The first-order valence-electron chi connectivity index (χ1n) is 3.71. The molecule has 52 valence electrons. The Kier molecular flexibility index (Phi) is 1.07. The van der Waals surface area contributed by atoms with Crippen LogP contribution in [0.25, 0.3) is 0 Å². The fraction of sp³-hybridized carbons (Fsp3) is 0.444. The second-order valence-corrected chi connectivity index (χ2v) is 2.95. The zero-order valence-corrected chi connectivity index (χ0v) is 5.84. The lowest BCUT2D eigenvalue weighted by atomic mass is 9.70. The maximum atomic E-state index is 11.2. The van der Waals surface area contributed by atoms with E-state index >= 15 is 0 Å². The van der Waals surface area contributed by atoms with E-state index in [4.69, 9.17) is 0 Å². The molecule has 0 aromatic carbocycles. The summed E-state index contributed by atoms with van der Waals surface area (Å²) in [7, 11) is 0. The molecule has 0 heterocycles. The highest BCUT2D eigenvalue weighted by atomic mass is 16.1. The molecule has 10 heavy (non-hydrogen) atoms. The molecule has 0 bridgehead atoms. The van der Waals surface area contributed by atoms with Crippen LogP contribution < -0.4 is 0 Å². The number of Topliss-reactive ketones (excluding diaryl/α,β-unsaturated/α-hetero) is 1. The Labute approximate surface area is 60.4 Å². The second-order valence-electron chi connectivity index (χ2n) is 2.95. The summed E-state index contributed by atoms with van der Waals surface area (Å²) in [5, 5.41) is 0. The minimum absolute atomic E-state index is 0.0903. The predicted octanol–water partition coefficient (Wildman–Crippen LogP) is 1.71. The summed E-state index contributed by atoms with van der Waals surface area (Å²) in [4.78, 5) is 11.2. The number of fused-ring (bicyclic) bond motifs is 1. The van der Waals surface area contributed by atoms with Crippen molar-refractivity contribution in [1.29, 1.82) is 0 Å². The average Bonchev–Trinajstić information content (AvgIpc) is 2.33. The van der Waals surface area contributed by atoms with Gasteiger partial charge in [0.25, 0.3) is 0 Å². The number of carbonyl (C=O) groups is 1. The third-order valence-electron chi connectivity index (χ3n) is 2.48. The van der Waals surface area contributed by atoms with Crippen LogP contribution in [0.2, 0.25) is 0 Å². The van der Waals surface area contributed by atoms with Crippen molar-refractivity contribution in [2.45, 2.75) is 12.8 Å². The monoisotopic (exact) mass is 134 g/mol. The Morgan fingerprint density at radius 3 is 3.20 bits per heavy atom. The first-order chi connectivity index (χ1) is 4.84. The smallest absolute Gasteiger partial charge is 0.150 e. The van der Waals surface area contributed by atoms with E-state index in [2.05, 4.69) is 12.7 Å². The van der Waals surface area contributed by atoms with E-state index in [1.165, 1.54) is 5.57 Å². The third kappa shape index (κ3) is 0.505. The van der Waals surface area contributed by atoms with Gasteiger partial charge in [-0.15, -0.1) is 6.58 Å². The van der Waals surface area contributed by atoms with Crippen molar-refractivity contribution in [1.82, 2.24) is 0 Å². The van der Waals surface area contributed by atoms with Crippen molar-refractivity contribution in [2.75, 3.05) is 0 Å². The second kappa shape index (κ2) is 1.82. The molecule has 0 aliphatic heterocycles. The fourth-order valence-corrected chi connectivity index (χ4v) is 1.91. The number of allylic oxidation sites excluding steroid dienone is 3. The highest BCUT2D eigenvalue weighted by Gasteiger charge is 2.44. The molecule has 0 spiro atoms. The molecule has 0 radical (unpaired) electrons. The first-order valence-corrected chi connectivity index (χ1v) is 3.71. The van der Waals surface area contributed by atoms with Gasteiger partial charge in [-0.05, 0) is 18.4 Å². The van der Waals surface area contributed by atoms with Crippen molar-refractivity contribution in [2.24, 2.45) is 11.8 Å². The lowest BCUT2D eigenvalue weighted by molar-refractivity contribution is -0.128. The molecule has 2 atom stereocenters. The standard InChI is InChI=1S/C9H10O/c1-2-6-7-4-3-5-8(7)9(6)10/h2,4,6,8H,1,3,5H2. The molecule has 0 N–H and O–H groups in total. The molecule has 1 fully saturated rings. The van der Waals surface area contributed by atoms with Crippen molar-refractivity contribution >= 4 is 5.78 Å². The Morgan fingerprint density at radius 2 is 2.50 bits per heavy atom.